The van der Waals surface area contributed by atoms with Crippen LogP contribution < -0.4 is 10.2 Å². The molecule has 0 unspecified atom stereocenters. The largest absolute Gasteiger partial charge is 0.369 e. The summed E-state index contributed by atoms with van der Waals surface area (Å²) in [5.74, 6) is -0.247. The molecule has 4 rings (SSSR count). The number of aromatic nitrogens is 1. The molecule has 2 aliphatic rings. The highest BCUT2D eigenvalue weighted by Crippen LogP contribution is 2.25. The Morgan fingerprint density at radius 2 is 1.68 bits per heavy atom. The average Bonchev–Trinajstić information content (AvgIpc) is 2.81. The van der Waals surface area contributed by atoms with Crippen LogP contribution in [0.4, 0.5) is 11.4 Å². The molecule has 1 aromatic carbocycles. The SMILES string of the molecule is CN1CCN(c2ccc(NC(=O)C3CCN(S(=O)(=O)c4cccnc4)CC3)cc2)CC1. The maximum absolute atomic E-state index is 12.7. The number of piperidine rings is 1. The number of nitrogens with one attached hydrogen (secondary N) is 1. The van der Waals surface area contributed by atoms with Crippen LogP contribution in [0.5, 0.6) is 0 Å². The van der Waals surface area contributed by atoms with Crippen molar-refractivity contribution in [3.63, 3.8) is 0 Å². The second-order valence-corrected chi connectivity index (χ2v) is 10.1. The second-order valence-electron chi connectivity index (χ2n) is 8.19. The van der Waals surface area contributed by atoms with Crippen molar-refractivity contribution in [1.82, 2.24) is 14.2 Å². The first-order chi connectivity index (χ1) is 14.9. The molecule has 0 aliphatic carbocycles. The minimum Gasteiger partial charge on any atom is -0.369 e. The van der Waals surface area contributed by atoms with Crippen molar-refractivity contribution in [2.75, 3.05) is 56.5 Å². The molecule has 0 saturated carbocycles. The van der Waals surface area contributed by atoms with E-state index in [-0.39, 0.29) is 16.7 Å². The maximum Gasteiger partial charge on any atom is 0.244 e. The monoisotopic (exact) mass is 443 g/mol. The van der Waals surface area contributed by atoms with Gasteiger partial charge in [-0.2, -0.15) is 4.31 Å². The zero-order valence-electron chi connectivity index (χ0n) is 17.8. The van der Waals surface area contributed by atoms with E-state index < -0.39 is 10.0 Å². The van der Waals surface area contributed by atoms with E-state index in [2.05, 4.69) is 27.1 Å². The smallest absolute Gasteiger partial charge is 0.244 e. The first kappa shape index (κ1) is 21.7. The summed E-state index contributed by atoms with van der Waals surface area (Å²) in [4.78, 5) is 21.5. The first-order valence-electron chi connectivity index (χ1n) is 10.7. The molecular weight excluding hydrogens is 414 g/mol. The molecule has 1 aromatic heterocycles. The molecule has 9 heteroatoms. The zero-order valence-corrected chi connectivity index (χ0v) is 18.6. The van der Waals surface area contributed by atoms with Gasteiger partial charge in [0.1, 0.15) is 4.90 Å². The Morgan fingerprint density at radius 3 is 2.29 bits per heavy atom. The summed E-state index contributed by atoms with van der Waals surface area (Å²) in [7, 11) is -1.42. The van der Waals surface area contributed by atoms with Crippen LogP contribution in [-0.2, 0) is 14.8 Å². The van der Waals surface area contributed by atoms with Crippen molar-refractivity contribution in [3.05, 3.63) is 48.8 Å². The van der Waals surface area contributed by atoms with Gasteiger partial charge >= 0.3 is 0 Å². The van der Waals surface area contributed by atoms with Gasteiger partial charge < -0.3 is 15.1 Å². The highest BCUT2D eigenvalue weighted by atomic mass is 32.2. The summed E-state index contributed by atoms with van der Waals surface area (Å²) in [6.07, 6.45) is 3.92. The van der Waals surface area contributed by atoms with Crippen molar-refractivity contribution in [3.8, 4) is 0 Å². The predicted molar refractivity (Wildman–Crippen MR) is 121 cm³/mol. The van der Waals surface area contributed by atoms with Crippen molar-refractivity contribution in [2.24, 2.45) is 5.92 Å². The predicted octanol–water partition coefficient (Wildman–Crippen LogP) is 1.87. The molecule has 2 saturated heterocycles. The molecule has 31 heavy (non-hydrogen) atoms. The molecule has 1 amide bonds. The number of pyridine rings is 1. The van der Waals surface area contributed by atoms with Crippen LogP contribution in [-0.4, -0.2) is 74.8 Å². The fraction of sp³-hybridized carbons (Fsp3) is 0.455. The fourth-order valence-electron chi connectivity index (χ4n) is 4.07. The molecule has 8 nitrogen and oxygen atoms in total. The molecule has 2 aliphatic heterocycles. The molecule has 0 radical (unpaired) electrons. The van der Waals surface area contributed by atoms with Crippen molar-refractivity contribution in [2.45, 2.75) is 17.7 Å². The van der Waals surface area contributed by atoms with Crippen LogP contribution >= 0.6 is 0 Å². The lowest BCUT2D eigenvalue weighted by atomic mass is 9.97. The van der Waals surface area contributed by atoms with Crippen LogP contribution in [0, 0.1) is 5.92 Å². The summed E-state index contributed by atoms with van der Waals surface area (Å²) in [5.41, 5.74) is 1.94. The fourth-order valence-corrected chi connectivity index (χ4v) is 5.51. The number of rotatable bonds is 5. The van der Waals surface area contributed by atoms with Crippen molar-refractivity contribution in [1.29, 1.82) is 0 Å². The minimum atomic E-state index is -3.56. The summed E-state index contributed by atoms with van der Waals surface area (Å²) in [5, 5.41) is 2.99. The number of carbonyl (C=O) groups is 1. The number of likely N-dealkylation sites (N-methyl/N-ethyl adjacent to an activating group) is 1. The third-order valence-electron chi connectivity index (χ3n) is 6.10. The highest BCUT2D eigenvalue weighted by molar-refractivity contribution is 7.89. The number of piperazine rings is 1. The van der Waals surface area contributed by atoms with Gasteiger partial charge in [0.25, 0.3) is 0 Å². The van der Waals surface area contributed by atoms with Crippen LogP contribution in [0.25, 0.3) is 0 Å². The minimum absolute atomic E-state index is 0.0502. The van der Waals surface area contributed by atoms with Crippen LogP contribution in [0.3, 0.4) is 0 Å². The number of nitrogens with zero attached hydrogens (tertiary/aromatic N) is 4. The molecule has 0 spiro atoms. The second kappa shape index (κ2) is 9.33. The molecule has 1 N–H and O–H groups in total. The van der Waals surface area contributed by atoms with Crippen molar-refractivity contribution >= 4 is 27.3 Å². The van der Waals surface area contributed by atoms with E-state index in [9.17, 15) is 13.2 Å². The number of anilines is 2. The summed E-state index contributed by atoms with van der Waals surface area (Å²) in [6, 6.07) is 11.1. The van der Waals surface area contributed by atoms with E-state index in [1.165, 1.54) is 16.2 Å². The Hall–Kier alpha value is -2.49. The summed E-state index contributed by atoms with van der Waals surface area (Å²) >= 11 is 0. The highest BCUT2D eigenvalue weighted by Gasteiger charge is 2.32. The number of sulfonamides is 1. The third-order valence-corrected chi connectivity index (χ3v) is 7.98. The lowest BCUT2D eigenvalue weighted by Crippen LogP contribution is -2.44. The van der Waals surface area contributed by atoms with Crippen LogP contribution in [0.2, 0.25) is 0 Å². The van der Waals surface area contributed by atoms with E-state index in [0.717, 1.165) is 31.9 Å². The number of amides is 1. The first-order valence-corrected chi connectivity index (χ1v) is 12.1. The van der Waals surface area contributed by atoms with E-state index in [4.69, 9.17) is 0 Å². The molecule has 2 aromatic rings. The number of benzene rings is 1. The molecule has 0 atom stereocenters. The van der Waals surface area contributed by atoms with Gasteiger partial charge in [-0.25, -0.2) is 8.42 Å². The van der Waals surface area contributed by atoms with Gasteiger partial charge in [-0.05, 0) is 56.3 Å². The Morgan fingerprint density at radius 1 is 1.00 bits per heavy atom. The van der Waals surface area contributed by atoms with Gasteiger partial charge in [0.2, 0.25) is 15.9 Å². The average molecular weight is 444 g/mol. The summed E-state index contributed by atoms with van der Waals surface area (Å²) < 4.78 is 26.9. The quantitative estimate of drug-likeness (QED) is 0.759. The van der Waals surface area contributed by atoms with E-state index >= 15 is 0 Å². The Labute approximate surface area is 183 Å². The standard InChI is InChI=1S/C22H29N5O3S/c1-25-13-15-26(16-14-25)20-6-4-19(5-7-20)24-22(28)18-8-11-27(12-9-18)31(29,30)21-3-2-10-23-17-21/h2-7,10,17-18H,8-9,11-16H2,1H3,(H,24,28). The number of carbonyl (C=O) groups excluding carboxylic acids is 1. The Kier molecular flexibility index (Phi) is 6.54. The third kappa shape index (κ3) is 5.06. The number of hydrogen-bond acceptors (Lipinski definition) is 6. The number of hydrogen-bond donors (Lipinski definition) is 1. The van der Waals surface area contributed by atoms with E-state index in [1.807, 2.05) is 24.3 Å². The molecular formula is C22H29N5O3S. The van der Waals surface area contributed by atoms with Gasteiger partial charge in [-0.1, -0.05) is 0 Å². The molecule has 2 fully saturated rings. The van der Waals surface area contributed by atoms with Gasteiger partial charge in [-0.15, -0.1) is 0 Å². The van der Waals surface area contributed by atoms with Crippen LogP contribution in [0.1, 0.15) is 12.8 Å². The van der Waals surface area contributed by atoms with E-state index in [1.54, 1.807) is 18.3 Å². The topological polar surface area (TPSA) is 85.9 Å². The van der Waals surface area contributed by atoms with E-state index in [0.29, 0.717) is 25.9 Å². The Balaban J connectivity index is 1.30. The maximum atomic E-state index is 12.7. The van der Waals surface area contributed by atoms with Crippen LogP contribution in [0.15, 0.2) is 53.7 Å². The molecule has 3 heterocycles. The summed E-state index contributed by atoms with van der Waals surface area (Å²) in [6.45, 7) is 4.77. The van der Waals surface area contributed by atoms with Gasteiger partial charge in [0.05, 0.1) is 0 Å². The molecule has 0 bridgehead atoms. The normalized spacial score (nSPS) is 19.3. The Bertz CT molecular complexity index is 982. The molecule has 166 valence electrons. The lowest BCUT2D eigenvalue weighted by molar-refractivity contribution is -0.120. The lowest BCUT2D eigenvalue weighted by Gasteiger charge is -2.34. The van der Waals surface area contributed by atoms with Gasteiger partial charge in [0, 0.05) is 69.0 Å². The van der Waals surface area contributed by atoms with Gasteiger partial charge in [-0.3, -0.25) is 9.78 Å². The zero-order chi connectivity index (χ0) is 21.8. The van der Waals surface area contributed by atoms with Crippen molar-refractivity contribution < 1.29 is 13.2 Å². The van der Waals surface area contributed by atoms with Gasteiger partial charge in [0.15, 0.2) is 0 Å².